The molecule has 0 spiro atoms. The molecule has 0 aromatic heterocycles. The molecule has 5 unspecified atom stereocenters. The van der Waals surface area contributed by atoms with Gasteiger partial charge in [-0.2, -0.15) is 0 Å². The lowest BCUT2D eigenvalue weighted by molar-refractivity contribution is -0.130. The van der Waals surface area contributed by atoms with E-state index in [1.54, 1.807) is 31.4 Å². The highest BCUT2D eigenvalue weighted by Crippen LogP contribution is 2.59. The fourth-order valence-corrected chi connectivity index (χ4v) is 5.85. The third-order valence-corrected chi connectivity index (χ3v) is 6.92. The minimum atomic E-state index is -1.11. The molecule has 3 aliphatic carbocycles. The van der Waals surface area contributed by atoms with Crippen molar-refractivity contribution in [3.8, 4) is 5.75 Å². The van der Waals surface area contributed by atoms with Gasteiger partial charge in [-0.3, -0.25) is 4.79 Å². The van der Waals surface area contributed by atoms with E-state index < -0.39 is 6.10 Å². The summed E-state index contributed by atoms with van der Waals surface area (Å²) in [6.45, 7) is 0.725. The molecule has 3 aliphatic rings. The molecule has 4 heteroatoms. The molecule has 0 aliphatic heterocycles. The summed E-state index contributed by atoms with van der Waals surface area (Å²) in [5.41, 5.74) is 0.897. The summed E-state index contributed by atoms with van der Waals surface area (Å²) in [5.74, 6) is 3.05. The van der Waals surface area contributed by atoms with Gasteiger partial charge in [-0.25, -0.2) is 0 Å². The standard InChI is InChI=1S/C21H29NO3/c1-25-18-7-5-15(6-8-18)19(23)20(24)22-13-21-10-14-3-2-4-16(11-21)17(9-14)12-21/h5-8,14,16-17,19,23H,2-4,9-13H2,1H3,(H,22,24). The zero-order valence-electron chi connectivity index (χ0n) is 15.0. The van der Waals surface area contributed by atoms with Crippen molar-refractivity contribution in [2.45, 2.75) is 51.0 Å². The Morgan fingerprint density at radius 2 is 2.00 bits per heavy atom. The van der Waals surface area contributed by atoms with Crippen LogP contribution in [0, 0.1) is 23.2 Å². The van der Waals surface area contributed by atoms with Gasteiger partial charge in [-0.15, -0.1) is 0 Å². The lowest BCUT2D eigenvalue weighted by Gasteiger charge is -2.38. The van der Waals surface area contributed by atoms with Crippen LogP contribution in [-0.2, 0) is 4.79 Å². The third kappa shape index (κ3) is 3.29. The molecule has 136 valence electrons. The molecule has 25 heavy (non-hydrogen) atoms. The maximum absolute atomic E-state index is 12.5. The van der Waals surface area contributed by atoms with Crippen LogP contribution in [0.25, 0.3) is 0 Å². The van der Waals surface area contributed by atoms with Gasteiger partial charge in [-0.1, -0.05) is 31.4 Å². The van der Waals surface area contributed by atoms with Gasteiger partial charge >= 0.3 is 0 Å². The van der Waals surface area contributed by atoms with E-state index in [0.29, 0.717) is 5.56 Å². The predicted octanol–water partition coefficient (Wildman–Crippen LogP) is 3.45. The molecule has 4 nitrogen and oxygen atoms in total. The number of hydrogen-bond acceptors (Lipinski definition) is 3. The normalized spacial score (nSPS) is 34.4. The minimum absolute atomic E-state index is 0.279. The van der Waals surface area contributed by atoms with Gasteiger partial charge in [0.1, 0.15) is 5.75 Å². The number of carbonyl (C=O) groups is 1. The van der Waals surface area contributed by atoms with Crippen LogP contribution in [-0.4, -0.2) is 24.7 Å². The van der Waals surface area contributed by atoms with Crippen LogP contribution in [0.5, 0.6) is 5.75 Å². The van der Waals surface area contributed by atoms with Crippen molar-refractivity contribution in [1.29, 1.82) is 0 Å². The second kappa shape index (κ2) is 6.64. The second-order valence-corrected chi connectivity index (χ2v) is 8.56. The van der Waals surface area contributed by atoms with Crippen LogP contribution >= 0.6 is 0 Å². The first kappa shape index (κ1) is 16.9. The molecule has 0 heterocycles. The van der Waals surface area contributed by atoms with E-state index in [-0.39, 0.29) is 11.3 Å². The van der Waals surface area contributed by atoms with Gasteiger partial charge < -0.3 is 15.2 Å². The number of rotatable bonds is 5. The number of nitrogens with one attached hydrogen (secondary N) is 1. The van der Waals surface area contributed by atoms with Crippen molar-refractivity contribution in [3.63, 3.8) is 0 Å². The monoisotopic (exact) mass is 343 g/mol. The lowest BCUT2D eigenvalue weighted by Crippen LogP contribution is -2.41. The Kier molecular flexibility index (Phi) is 4.48. The molecule has 1 aromatic carbocycles. The average Bonchev–Trinajstić information content (AvgIpc) is 2.79. The van der Waals surface area contributed by atoms with Crippen molar-refractivity contribution in [1.82, 2.24) is 5.32 Å². The van der Waals surface area contributed by atoms with Crippen LogP contribution < -0.4 is 10.1 Å². The number of hydrogen-bond donors (Lipinski definition) is 2. The Morgan fingerprint density at radius 3 is 2.76 bits per heavy atom. The number of methoxy groups -OCH3 is 1. The minimum Gasteiger partial charge on any atom is -0.497 e. The average molecular weight is 343 g/mol. The van der Waals surface area contributed by atoms with Gasteiger partial charge in [0, 0.05) is 6.54 Å². The molecule has 3 fully saturated rings. The van der Waals surface area contributed by atoms with E-state index in [1.165, 1.54) is 44.9 Å². The third-order valence-electron chi connectivity index (χ3n) is 6.92. The van der Waals surface area contributed by atoms with Crippen LogP contribution in [0.1, 0.15) is 56.6 Å². The first-order chi connectivity index (χ1) is 12.1. The van der Waals surface area contributed by atoms with Gasteiger partial charge in [0.05, 0.1) is 7.11 Å². The van der Waals surface area contributed by atoms with Gasteiger partial charge in [0.15, 0.2) is 6.10 Å². The molecule has 2 N–H and O–H groups in total. The molecule has 1 aromatic rings. The SMILES string of the molecule is COc1ccc(C(O)C(=O)NCC23CC4CCCC(C2)C(C4)C3)cc1. The quantitative estimate of drug-likeness (QED) is 0.861. The van der Waals surface area contributed by atoms with Gasteiger partial charge in [-0.05, 0) is 66.5 Å². The number of carbonyl (C=O) groups excluding carboxylic acids is 1. The first-order valence-corrected chi connectivity index (χ1v) is 9.68. The largest absolute Gasteiger partial charge is 0.497 e. The zero-order chi connectivity index (χ0) is 17.4. The highest BCUT2D eigenvalue weighted by atomic mass is 16.5. The first-order valence-electron chi connectivity index (χ1n) is 9.68. The summed E-state index contributed by atoms with van der Waals surface area (Å²) in [6, 6.07) is 7.04. The number of aliphatic hydroxyl groups is 1. The van der Waals surface area contributed by atoms with E-state index in [0.717, 1.165) is 30.0 Å². The molecular formula is C21H29NO3. The number of ether oxygens (including phenoxy) is 1. The number of fused-ring (bicyclic) bond motifs is 2. The topological polar surface area (TPSA) is 58.6 Å². The fraction of sp³-hybridized carbons (Fsp3) is 0.667. The Morgan fingerprint density at radius 1 is 1.24 bits per heavy atom. The molecule has 1 amide bonds. The summed E-state index contributed by atoms with van der Waals surface area (Å²) < 4.78 is 5.12. The zero-order valence-corrected chi connectivity index (χ0v) is 15.0. The smallest absolute Gasteiger partial charge is 0.253 e. The molecule has 3 bridgehead atoms. The van der Waals surface area contributed by atoms with Crippen LogP contribution in [0.15, 0.2) is 24.3 Å². The molecule has 3 saturated carbocycles. The number of amides is 1. The summed E-state index contributed by atoms with van der Waals surface area (Å²) in [6.07, 6.45) is 8.25. The summed E-state index contributed by atoms with van der Waals surface area (Å²) in [7, 11) is 1.60. The van der Waals surface area contributed by atoms with E-state index in [1.807, 2.05) is 0 Å². The highest BCUT2D eigenvalue weighted by molar-refractivity contribution is 5.82. The summed E-state index contributed by atoms with van der Waals surface area (Å²) in [5, 5.41) is 13.4. The Bertz CT molecular complexity index is 625. The lowest BCUT2D eigenvalue weighted by atomic mass is 9.69. The Hall–Kier alpha value is -1.55. The molecular weight excluding hydrogens is 314 g/mol. The van der Waals surface area contributed by atoms with Crippen LogP contribution in [0.4, 0.5) is 0 Å². The van der Waals surface area contributed by atoms with E-state index >= 15 is 0 Å². The van der Waals surface area contributed by atoms with Crippen LogP contribution in [0.3, 0.4) is 0 Å². The van der Waals surface area contributed by atoms with Crippen molar-refractivity contribution in [2.24, 2.45) is 23.2 Å². The number of benzene rings is 1. The molecule has 0 radical (unpaired) electrons. The molecule has 5 atom stereocenters. The second-order valence-electron chi connectivity index (χ2n) is 8.56. The fourth-order valence-electron chi connectivity index (χ4n) is 5.85. The maximum atomic E-state index is 12.5. The van der Waals surface area contributed by atoms with E-state index in [2.05, 4.69) is 5.32 Å². The predicted molar refractivity (Wildman–Crippen MR) is 96.2 cm³/mol. The van der Waals surface area contributed by atoms with Gasteiger partial charge in [0.25, 0.3) is 5.91 Å². The van der Waals surface area contributed by atoms with Crippen molar-refractivity contribution in [3.05, 3.63) is 29.8 Å². The van der Waals surface area contributed by atoms with Crippen molar-refractivity contribution in [2.75, 3.05) is 13.7 Å². The molecule has 0 saturated heterocycles. The molecule has 4 rings (SSSR count). The summed E-state index contributed by atoms with van der Waals surface area (Å²) >= 11 is 0. The van der Waals surface area contributed by atoms with Gasteiger partial charge in [0.2, 0.25) is 0 Å². The highest BCUT2D eigenvalue weighted by Gasteiger charge is 2.51. The maximum Gasteiger partial charge on any atom is 0.253 e. The van der Waals surface area contributed by atoms with E-state index in [4.69, 9.17) is 4.74 Å². The van der Waals surface area contributed by atoms with Crippen molar-refractivity contribution >= 4 is 5.91 Å². The van der Waals surface area contributed by atoms with Crippen molar-refractivity contribution < 1.29 is 14.6 Å². The Balaban J connectivity index is 1.38. The summed E-state index contributed by atoms with van der Waals surface area (Å²) in [4.78, 5) is 12.5. The van der Waals surface area contributed by atoms with Crippen LogP contribution in [0.2, 0.25) is 0 Å². The Labute approximate surface area is 150 Å². The number of aliphatic hydroxyl groups excluding tert-OH is 1. The van der Waals surface area contributed by atoms with E-state index in [9.17, 15) is 9.90 Å².